The van der Waals surface area contributed by atoms with E-state index in [-0.39, 0.29) is 23.8 Å². The van der Waals surface area contributed by atoms with Gasteiger partial charge >= 0.3 is 5.97 Å². The molecule has 1 aliphatic carbocycles. The zero-order valence-corrected chi connectivity index (χ0v) is 10.2. The lowest BCUT2D eigenvalue weighted by atomic mass is 10.0. The van der Waals surface area contributed by atoms with Crippen molar-refractivity contribution in [3.8, 4) is 0 Å². The number of aromatic nitrogens is 2. The molecule has 2 rings (SSSR count). The van der Waals surface area contributed by atoms with Crippen LogP contribution < -0.4 is 5.32 Å². The highest BCUT2D eigenvalue weighted by Crippen LogP contribution is 2.31. The third kappa shape index (κ3) is 2.69. The van der Waals surface area contributed by atoms with Crippen molar-refractivity contribution in [1.82, 2.24) is 15.5 Å². The summed E-state index contributed by atoms with van der Waals surface area (Å²) in [4.78, 5) is 22.8. The van der Waals surface area contributed by atoms with Crippen molar-refractivity contribution < 1.29 is 14.7 Å². The first-order valence-corrected chi connectivity index (χ1v) is 6.09. The lowest BCUT2D eigenvalue weighted by Crippen LogP contribution is -2.31. The molecule has 3 unspecified atom stereocenters. The number of carboxylic acid groups (broad SMARTS) is 1. The Morgan fingerprint density at radius 2 is 2.22 bits per heavy atom. The smallest absolute Gasteiger partial charge is 0.306 e. The lowest BCUT2D eigenvalue weighted by Gasteiger charge is -2.15. The Balaban J connectivity index is 1.87. The molecule has 0 saturated heterocycles. The molecule has 0 spiro atoms. The summed E-state index contributed by atoms with van der Waals surface area (Å²) >= 11 is 0. The maximum Gasteiger partial charge on any atom is 0.306 e. The second-order valence-corrected chi connectivity index (χ2v) is 4.81. The summed E-state index contributed by atoms with van der Waals surface area (Å²) in [5.41, 5.74) is 0.913. The van der Waals surface area contributed by atoms with Crippen LogP contribution in [0.15, 0.2) is 12.4 Å². The number of amides is 1. The third-order valence-electron chi connectivity index (χ3n) is 3.53. The minimum absolute atomic E-state index is 0.0625. The van der Waals surface area contributed by atoms with Gasteiger partial charge in [0.1, 0.15) is 0 Å². The number of nitrogens with zero attached hydrogens (tertiary/aromatic N) is 1. The van der Waals surface area contributed by atoms with Gasteiger partial charge in [-0.1, -0.05) is 0 Å². The minimum Gasteiger partial charge on any atom is -0.481 e. The summed E-state index contributed by atoms with van der Waals surface area (Å²) in [5.74, 6) is -1.41. The fourth-order valence-corrected chi connectivity index (χ4v) is 2.36. The average molecular weight is 251 g/mol. The van der Waals surface area contributed by atoms with E-state index in [2.05, 4.69) is 15.5 Å². The predicted molar refractivity (Wildman–Crippen MR) is 63.6 cm³/mol. The standard InChI is InChI=1S/C12H17N3O3/c1-7(10-5-13-14-6-10)15-11(16)8-2-3-9(4-8)12(17)18/h5-9H,2-4H2,1H3,(H,13,14)(H,15,16)(H,17,18). The highest BCUT2D eigenvalue weighted by Gasteiger charge is 2.34. The van der Waals surface area contributed by atoms with Crippen LogP contribution >= 0.6 is 0 Å². The summed E-state index contributed by atoms with van der Waals surface area (Å²) < 4.78 is 0. The van der Waals surface area contributed by atoms with E-state index in [9.17, 15) is 9.59 Å². The van der Waals surface area contributed by atoms with Gasteiger partial charge in [0, 0.05) is 17.7 Å². The average Bonchev–Trinajstić information content (AvgIpc) is 3.00. The molecule has 1 heterocycles. The van der Waals surface area contributed by atoms with Crippen molar-refractivity contribution in [3.63, 3.8) is 0 Å². The molecule has 1 aromatic heterocycles. The van der Waals surface area contributed by atoms with Crippen molar-refractivity contribution in [2.75, 3.05) is 0 Å². The Hall–Kier alpha value is -1.85. The number of carboxylic acids is 1. The second-order valence-electron chi connectivity index (χ2n) is 4.81. The maximum absolute atomic E-state index is 12.0. The van der Waals surface area contributed by atoms with Crippen LogP contribution in [0.2, 0.25) is 0 Å². The Bertz CT molecular complexity index is 430. The topological polar surface area (TPSA) is 95.1 Å². The molecule has 1 fully saturated rings. The second kappa shape index (κ2) is 5.20. The van der Waals surface area contributed by atoms with Gasteiger partial charge in [0.05, 0.1) is 18.2 Å². The first kappa shape index (κ1) is 12.6. The van der Waals surface area contributed by atoms with Gasteiger partial charge in [-0.3, -0.25) is 14.7 Å². The zero-order chi connectivity index (χ0) is 13.1. The van der Waals surface area contributed by atoms with E-state index in [0.717, 1.165) is 5.56 Å². The summed E-state index contributed by atoms with van der Waals surface area (Å²) in [6.45, 7) is 1.88. The number of aromatic amines is 1. The molecule has 0 radical (unpaired) electrons. The molecule has 1 amide bonds. The van der Waals surface area contributed by atoms with Gasteiger partial charge in [0.15, 0.2) is 0 Å². The quantitative estimate of drug-likeness (QED) is 0.746. The number of carbonyl (C=O) groups is 2. The fourth-order valence-electron chi connectivity index (χ4n) is 2.36. The number of hydrogen-bond donors (Lipinski definition) is 3. The minimum atomic E-state index is -0.798. The summed E-state index contributed by atoms with van der Waals surface area (Å²) in [6, 6.07) is -0.111. The number of aliphatic carboxylic acids is 1. The van der Waals surface area contributed by atoms with E-state index in [1.165, 1.54) is 0 Å². The Morgan fingerprint density at radius 1 is 1.50 bits per heavy atom. The molecular weight excluding hydrogens is 234 g/mol. The van der Waals surface area contributed by atoms with E-state index in [1.807, 2.05) is 6.92 Å². The molecule has 0 bridgehead atoms. The van der Waals surface area contributed by atoms with Crippen molar-refractivity contribution in [1.29, 1.82) is 0 Å². The molecule has 18 heavy (non-hydrogen) atoms. The SMILES string of the molecule is CC(NC(=O)C1CCC(C(=O)O)C1)c1cn[nH]c1. The van der Waals surface area contributed by atoms with Crippen LogP contribution in [0, 0.1) is 11.8 Å². The van der Waals surface area contributed by atoms with Crippen LogP contribution in [0.4, 0.5) is 0 Å². The van der Waals surface area contributed by atoms with Crippen LogP contribution in [0.1, 0.15) is 37.8 Å². The number of nitrogens with one attached hydrogen (secondary N) is 2. The molecule has 3 N–H and O–H groups in total. The van der Waals surface area contributed by atoms with Gasteiger partial charge in [-0.25, -0.2) is 0 Å². The number of rotatable bonds is 4. The number of H-pyrrole nitrogens is 1. The van der Waals surface area contributed by atoms with Gasteiger partial charge in [-0.05, 0) is 26.2 Å². The molecule has 1 saturated carbocycles. The van der Waals surface area contributed by atoms with Gasteiger partial charge in [0.25, 0.3) is 0 Å². The first-order chi connectivity index (χ1) is 8.58. The van der Waals surface area contributed by atoms with E-state index < -0.39 is 5.97 Å². The van der Waals surface area contributed by atoms with Gasteiger partial charge in [-0.15, -0.1) is 0 Å². The predicted octanol–water partition coefficient (Wildman–Crippen LogP) is 1.09. The zero-order valence-electron chi connectivity index (χ0n) is 10.2. The van der Waals surface area contributed by atoms with Crippen LogP contribution in [0.25, 0.3) is 0 Å². The molecular formula is C12H17N3O3. The van der Waals surface area contributed by atoms with Gasteiger partial charge in [-0.2, -0.15) is 5.10 Å². The van der Waals surface area contributed by atoms with Crippen molar-refractivity contribution in [2.45, 2.75) is 32.2 Å². The largest absolute Gasteiger partial charge is 0.481 e. The first-order valence-electron chi connectivity index (χ1n) is 6.09. The van der Waals surface area contributed by atoms with Gasteiger partial charge < -0.3 is 10.4 Å². The van der Waals surface area contributed by atoms with Crippen LogP contribution in [0.3, 0.4) is 0 Å². The van der Waals surface area contributed by atoms with Crippen molar-refractivity contribution in [2.24, 2.45) is 11.8 Å². The monoisotopic (exact) mass is 251 g/mol. The third-order valence-corrected chi connectivity index (χ3v) is 3.53. The van der Waals surface area contributed by atoms with Crippen LogP contribution in [0.5, 0.6) is 0 Å². The maximum atomic E-state index is 12.0. The van der Waals surface area contributed by atoms with E-state index in [4.69, 9.17) is 5.11 Å². The highest BCUT2D eigenvalue weighted by atomic mass is 16.4. The van der Waals surface area contributed by atoms with E-state index in [0.29, 0.717) is 19.3 Å². The molecule has 1 aliphatic rings. The molecule has 0 aliphatic heterocycles. The molecule has 6 nitrogen and oxygen atoms in total. The van der Waals surface area contributed by atoms with Crippen LogP contribution in [-0.2, 0) is 9.59 Å². The van der Waals surface area contributed by atoms with E-state index >= 15 is 0 Å². The Labute approximate surface area is 105 Å². The summed E-state index contributed by atoms with van der Waals surface area (Å²) in [5, 5.41) is 18.3. The van der Waals surface area contributed by atoms with Gasteiger partial charge in [0.2, 0.25) is 5.91 Å². The van der Waals surface area contributed by atoms with Crippen LogP contribution in [-0.4, -0.2) is 27.2 Å². The normalized spacial score (nSPS) is 24.7. The van der Waals surface area contributed by atoms with Crippen molar-refractivity contribution >= 4 is 11.9 Å². The summed E-state index contributed by atoms with van der Waals surface area (Å²) in [6.07, 6.45) is 5.09. The number of hydrogen-bond acceptors (Lipinski definition) is 3. The lowest BCUT2D eigenvalue weighted by molar-refractivity contribution is -0.141. The Kier molecular flexibility index (Phi) is 3.64. The summed E-state index contributed by atoms with van der Waals surface area (Å²) in [7, 11) is 0. The van der Waals surface area contributed by atoms with Crippen molar-refractivity contribution in [3.05, 3.63) is 18.0 Å². The molecule has 3 atom stereocenters. The molecule has 6 heteroatoms. The fraction of sp³-hybridized carbons (Fsp3) is 0.583. The molecule has 98 valence electrons. The molecule has 1 aromatic rings. The van der Waals surface area contributed by atoms with E-state index in [1.54, 1.807) is 12.4 Å². The number of carbonyl (C=O) groups excluding carboxylic acids is 1. The highest BCUT2D eigenvalue weighted by molar-refractivity contribution is 5.81. The Morgan fingerprint density at radius 3 is 2.78 bits per heavy atom. The molecule has 0 aromatic carbocycles.